The number of nitrogens with one attached hydrogen (secondary N) is 1. The van der Waals surface area contributed by atoms with Crippen molar-refractivity contribution in [3.63, 3.8) is 0 Å². The Balaban J connectivity index is 2.32. The van der Waals surface area contributed by atoms with Crippen molar-refractivity contribution in [1.82, 2.24) is 5.32 Å². The number of rotatable bonds is 4. The molecule has 3 nitrogen and oxygen atoms in total. The molecule has 0 unspecified atom stereocenters. The molecule has 1 aromatic carbocycles. The predicted octanol–water partition coefficient (Wildman–Crippen LogP) is 1.46. The van der Waals surface area contributed by atoms with E-state index in [4.69, 9.17) is 5.73 Å². The third-order valence-corrected chi connectivity index (χ3v) is 2.57. The minimum Gasteiger partial charge on any atom is -0.354 e. The first-order chi connectivity index (χ1) is 7.09. The summed E-state index contributed by atoms with van der Waals surface area (Å²) in [5, 5.41) is 2.77. The summed E-state index contributed by atoms with van der Waals surface area (Å²) in [5.41, 5.74) is 6.61. The summed E-state index contributed by atoms with van der Waals surface area (Å²) < 4.78 is 1.06. The maximum absolute atomic E-state index is 11.1. The van der Waals surface area contributed by atoms with Gasteiger partial charge in [0.15, 0.2) is 0 Å². The van der Waals surface area contributed by atoms with Gasteiger partial charge in [0.25, 0.3) is 0 Å². The Morgan fingerprint density at radius 2 is 2.07 bits per heavy atom. The Labute approximate surface area is 98.2 Å². The maximum atomic E-state index is 11.1. The van der Waals surface area contributed by atoms with Gasteiger partial charge in [0.1, 0.15) is 0 Å². The normalized spacial score (nSPS) is 12.2. The molecule has 0 bridgehead atoms. The lowest BCUT2D eigenvalue weighted by Gasteiger charge is -2.07. The van der Waals surface area contributed by atoms with Gasteiger partial charge in [-0.15, -0.1) is 0 Å². The minimum atomic E-state index is -0.435. The number of hydrogen-bond acceptors (Lipinski definition) is 2. The summed E-state index contributed by atoms with van der Waals surface area (Å²) in [6.45, 7) is 2.30. The molecule has 0 aliphatic heterocycles. The average molecular weight is 271 g/mol. The zero-order chi connectivity index (χ0) is 11.3. The lowest BCUT2D eigenvalue weighted by atomic mass is 10.1. The largest absolute Gasteiger partial charge is 0.354 e. The molecule has 0 aliphatic carbocycles. The summed E-state index contributed by atoms with van der Waals surface area (Å²) >= 11 is 3.37. The molecule has 3 N–H and O–H groups in total. The lowest BCUT2D eigenvalue weighted by molar-refractivity contribution is -0.121. The Bertz CT molecular complexity index is 322. The molecule has 0 saturated heterocycles. The standard InChI is InChI=1S/C11H15BrN2O/c1-8(13)11(15)14-7-6-9-2-4-10(12)5-3-9/h2-5,8H,6-7,13H2,1H3,(H,14,15)/t8-/m0/s1. The first-order valence-electron chi connectivity index (χ1n) is 4.87. The van der Waals surface area contributed by atoms with Gasteiger partial charge >= 0.3 is 0 Å². The van der Waals surface area contributed by atoms with Crippen molar-refractivity contribution in [2.24, 2.45) is 5.73 Å². The van der Waals surface area contributed by atoms with Crippen LogP contribution in [0.4, 0.5) is 0 Å². The van der Waals surface area contributed by atoms with Gasteiger partial charge in [-0.3, -0.25) is 4.79 Å². The second-order valence-electron chi connectivity index (χ2n) is 3.46. The predicted molar refractivity (Wildman–Crippen MR) is 64.5 cm³/mol. The number of nitrogens with two attached hydrogens (primary N) is 1. The molecule has 0 spiro atoms. The molecule has 0 radical (unpaired) electrons. The molecule has 82 valence electrons. The van der Waals surface area contributed by atoms with Gasteiger partial charge in [0.2, 0.25) is 5.91 Å². The summed E-state index contributed by atoms with van der Waals surface area (Å²) in [7, 11) is 0. The number of carbonyl (C=O) groups excluding carboxylic acids is 1. The highest BCUT2D eigenvalue weighted by atomic mass is 79.9. The van der Waals surface area contributed by atoms with E-state index in [1.54, 1.807) is 6.92 Å². The van der Waals surface area contributed by atoms with Crippen LogP contribution in [0.25, 0.3) is 0 Å². The highest BCUT2D eigenvalue weighted by Crippen LogP contribution is 2.10. The van der Waals surface area contributed by atoms with Crippen molar-refractivity contribution in [3.8, 4) is 0 Å². The van der Waals surface area contributed by atoms with E-state index in [1.807, 2.05) is 24.3 Å². The quantitative estimate of drug-likeness (QED) is 0.871. The Morgan fingerprint density at radius 3 is 2.60 bits per heavy atom. The number of halogens is 1. The molecule has 0 heterocycles. The Kier molecular flexibility index (Phi) is 4.78. The summed E-state index contributed by atoms with van der Waals surface area (Å²) in [6.07, 6.45) is 0.825. The van der Waals surface area contributed by atoms with Crippen LogP contribution in [0, 0.1) is 0 Å². The molecular formula is C11H15BrN2O. The van der Waals surface area contributed by atoms with Crippen molar-refractivity contribution < 1.29 is 4.79 Å². The van der Waals surface area contributed by atoms with Crippen LogP contribution >= 0.6 is 15.9 Å². The molecule has 0 aromatic heterocycles. The SMILES string of the molecule is C[C@H](N)C(=O)NCCc1ccc(Br)cc1. The maximum Gasteiger partial charge on any atom is 0.236 e. The van der Waals surface area contributed by atoms with Crippen molar-refractivity contribution in [3.05, 3.63) is 34.3 Å². The average Bonchev–Trinajstić information content (AvgIpc) is 2.20. The van der Waals surface area contributed by atoms with Crippen LogP contribution in [0.3, 0.4) is 0 Å². The molecular weight excluding hydrogens is 256 g/mol. The highest BCUT2D eigenvalue weighted by Gasteiger charge is 2.05. The van der Waals surface area contributed by atoms with E-state index in [2.05, 4.69) is 21.2 Å². The summed E-state index contributed by atoms with van der Waals surface area (Å²) in [4.78, 5) is 11.1. The molecule has 15 heavy (non-hydrogen) atoms. The molecule has 0 aliphatic rings. The van der Waals surface area contributed by atoms with E-state index in [9.17, 15) is 4.79 Å². The fourth-order valence-electron chi connectivity index (χ4n) is 1.14. The van der Waals surface area contributed by atoms with Gasteiger partial charge < -0.3 is 11.1 Å². The number of carbonyl (C=O) groups is 1. The van der Waals surface area contributed by atoms with Crippen LogP contribution in [0.15, 0.2) is 28.7 Å². The number of benzene rings is 1. The van der Waals surface area contributed by atoms with E-state index in [1.165, 1.54) is 5.56 Å². The fourth-order valence-corrected chi connectivity index (χ4v) is 1.41. The van der Waals surface area contributed by atoms with E-state index < -0.39 is 6.04 Å². The van der Waals surface area contributed by atoms with E-state index in [-0.39, 0.29) is 5.91 Å². The van der Waals surface area contributed by atoms with Gasteiger partial charge in [0.05, 0.1) is 6.04 Å². The molecule has 1 rings (SSSR count). The van der Waals surface area contributed by atoms with Crippen molar-refractivity contribution in [2.75, 3.05) is 6.54 Å². The van der Waals surface area contributed by atoms with Crippen molar-refractivity contribution >= 4 is 21.8 Å². The Hall–Kier alpha value is -0.870. The van der Waals surface area contributed by atoms with Crippen molar-refractivity contribution in [1.29, 1.82) is 0 Å². The molecule has 0 saturated carbocycles. The van der Waals surface area contributed by atoms with Gasteiger partial charge in [-0.1, -0.05) is 28.1 Å². The molecule has 1 atom stereocenters. The van der Waals surface area contributed by atoms with E-state index in [0.29, 0.717) is 6.54 Å². The van der Waals surface area contributed by atoms with Crippen LogP contribution in [0.1, 0.15) is 12.5 Å². The molecule has 1 aromatic rings. The summed E-state index contributed by atoms with van der Waals surface area (Å²) in [6, 6.07) is 7.60. The van der Waals surface area contributed by atoms with Gasteiger partial charge in [-0.2, -0.15) is 0 Å². The second-order valence-corrected chi connectivity index (χ2v) is 4.37. The lowest BCUT2D eigenvalue weighted by Crippen LogP contribution is -2.39. The summed E-state index contributed by atoms with van der Waals surface area (Å²) in [5.74, 6) is -0.105. The van der Waals surface area contributed by atoms with E-state index >= 15 is 0 Å². The zero-order valence-corrected chi connectivity index (χ0v) is 10.3. The van der Waals surface area contributed by atoms with Gasteiger partial charge in [0, 0.05) is 11.0 Å². The number of amides is 1. The van der Waals surface area contributed by atoms with Crippen LogP contribution in [0.5, 0.6) is 0 Å². The first kappa shape index (κ1) is 12.2. The van der Waals surface area contributed by atoms with Gasteiger partial charge in [-0.05, 0) is 31.0 Å². The molecule has 0 fully saturated rings. The highest BCUT2D eigenvalue weighted by molar-refractivity contribution is 9.10. The van der Waals surface area contributed by atoms with Crippen LogP contribution in [-0.4, -0.2) is 18.5 Å². The Morgan fingerprint density at radius 1 is 1.47 bits per heavy atom. The first-order valence-corrected chi connectivity index (χ1v) is 5.66. The molecule has 4 heteroatoms. The van der Waals surface area contributed by atoms with Gasteiger partial charge in [-0.25, -0.2) is 0 Å². The van der Waals surface area contributed by atoms with Crippen LogP contribution < -0.4 is 11.1 Å². The topological polar surface area (TPSA) is 55.1 Å². The smallest absolute Gasteiger partial charge is 0.236 e. The van der Waals surface area contributed by atoms with Crippen LogP contribution in [-0.2, 0) is 11.2 Å². The fraction of sp³-hybridized carbons (Fsp3) is 0.364. The van der Waals surface area contributed by atoms with Crippen molar-refractivity contribution in [2.45, 2.75) is 19.4 Å². The third-order valence-electron chi connectivity index (χ3n) is 2.04. The number of hydrogen-bond donors (Lipinski definition) is 2. The van der Waals surface area contributed by atoms with Crippen LogP contribution in [0.2, 0.25) is 0 Å². The van der Waals surface area contributed by atoms with E-state index in [0.717, 1.165) is 10.9 Å². The zero-order valence-electron chi connectivity index (χ0n) is 8.66. The monoisotopic (exact) mass is 270 g/mol. The third kappa shape index (κ3) is 4.44. The molecule has 1 amide bonds. The second kappa shape index (κ2) is 5.88. The minimum absolute atomic E-state index is 0.105.